The molecule has 0 aliphatic carbocycles. The van der Waals surface area contributed by atoms with Gasteiger partial charge in [-0.05, 0) is 67.4 Å². The molecule has 0 saturated carbocycles. The number of hydrogen-bond acceptors (Lipinski definition) is 5. The average molecular weight is 436 g/mol. The van der Waals surface area contributed by atoms with E-state index in [1.54, 1.807) is 36.4 Å². The van der Waals surface area contributed by atoms with Crippen LogP contribution in [-0.2, 0) is 6.61 Å². The van der Waals surface area contributed by atoms with Gasteiger partial charge in [0, 0.05) is 5.56 Å². The summed E-state index contributed by atoms with van der Waals surface area (Å²) in [5.74, 6) is 1.09. The van der Waals surface area contributed by atoms with Crippen molar-refractivity contribution in [3.63, 3.8) is 0 Å². The minimum absolute atomic E-state index is 0.284. The number of carbonyl (C=O) groups is 1. The molecule has 0 atom stereocenters. The number of amides is 1. The number of hydrogen-bond donors (Lipinski definition) is 1. The Morgan fingerprint density at radius 2 is 1.69 bits per heavy atom. The molecule has 0 saturated heterocycles. The van der Waals surface area contributed by atoms with Crippen molar-refractivity contribution in [2.45, 2.75) is 20.5 Å². The second-order valence-electron chi connectivity index (χ2n) is 6.71. The normalized spacial score (nSPS) is 10.7. The number of nitrogens with zero attached hydrogens (tertiary/aromatic N) is 1. The Balaban J connectivity index is 1.59. The maximum atomic E-state index is 13.0. The Labute approximate surface area is 186 Å². The summed E-state index contributed by atoms with van der Waals surface area (Å²) >= 11 is 0. The highest BCUT2D eigenvalue weighted by atomic mass is 19.1. The summed E-state index contributed by atoms with van der Waals surface area (Å²) < 4.78 is 29.8. The van der Waals surface area contributed by atoms with Gasteiger partial charge in [0.2, 0.25) is 0 Å². The zero-order chi connectivity index (χ0) is 22.8. The lowest BCUT2D eigenvalue weighted by atomic mass is 10.2. The summed E-state index contributed by atoms with van der Waals surface area (Å²) in [7, 11) is 0. The van der Waals surface area contributed by atoms with Gasteiger partial charge in [0.25, 0.3) is 5.91 Å². The van der Waals surface area contributed by atoms with Crippen molar-refractivity contribution in [2.75, 3.05) is 13.2 Å². The largest absolute Gasteiger partial charge is 0.490 e. The lowest BCUT2D eigenvalue weighted by Crippen LogP contribution is -2.17. The smallest absolute Gasteiger partial charge is 0.271 e. The van der Waals surface area contributed by atoms with Gasteiger partial charge in [0.05, 0.1) is 19.4 Å². The molecular formula is C25H25FN2O4. The van der Waals surface area contributed by atoms with Crippen molar-refractivity contribution >= 4 is 12.1 Å². The maximum absolute atomic E-state index is 13.0. The molecule has 166 valence electrons. The number of halogens is 1. The predicted molar refractivity (Wildman–Crippen MR) is 121 cm³/mol. The molecule has 0 radical (unpaired) electrons. The van der Waals surface area contributed by atoms with E-state index in [-0.39, 0.29) is 11.7 Å². The van der Waals surface area contributed by atoms with Crippen LogP contribution in [0.2, 0.25) is 0 Å². The Hall–Kier alpha value is -3.87. The summed E-state index contributed by atoms with van der Waals surface area (Å²) in [5.41, 5.74) is 4.53. The van der Waals surface area contributed by atoms with Gasteiger partial charge in [0.1, 0.15) is 18.2 Å². The Bertz CT molecular complexity index is 1070. The van der Waals surface area contributed by atoms with Gasteiger partial charge in [-0.15, -0.1) is 0 Å². The predicted octanol–water partition coefficient (Wildman–Crippen LogP) is 4.97. The first kappa shape index (κ1) is 22.8. The van der Waals surface area contributed by atoms with E-state index in [0.29, 0.717) is 42.6 Å². The van der Waals surface area contributed by atoms with Crippen molar-refractivity contribution in [2.24, 2.45) is 5.10 Å². The monoisotopic (exact) mass is 436 g/mol. The van der Waals surface area contributed by atoms with Gasteiger partial charge in [-0.1, -0.05) is 24.3 Å². The van der Waals surface area contributed by atoms with Crippen LogP contribution in [0.1, 0.15) is 35.3 Å². The first-order chi connectivity index (χ1) is 15.6. The first-order valence-electron chi connectivity index (χ1n) is 10.3. The van der Waals surface area contributed by atoms with Gasteiger partial charge in [0.15, 0.2) is 11.5 Å². The van der Waals surface area contributed by atoms with Crippen LogP contribution in [-0.4, -0.2) is 25.3 Å². The molecular weight excluding hydrogens is 411 g/mol. The highest BCUT2D eigenvalue weighted by Crippen LogP contribution is 2.28. The fourth-order valence-electron chi connectivity index (χ4n) is 2.85. The zero-order valence-electron chi connectivity index (χ0n) is 18.0. The molecule has 0 bridgehead atoms. The SMILES string of the molecule is CCOc1ccc(C(=O)N/N=C/c2cccc(OCc3ccc(F)cc3)c2)cc1OCC. The zero-order valence-corrected chi connectivity index (χ0v) is 18.0. The second-order valence-corrected chi connectivity index (χ2v) is 6.71. The molecule has 3 aromatic carbocycles. The molecule has 32 heavy (non-hydrogen) atoms. The third kappa shape index (κ3) is 6.57. The number of benzene rings is 3. The molecule has 3 rings (SSSR count). The van der Waals surface area contributed by atoms with Gasteiger partial charge < -0.3 is 14.2 Å². The van der Waals surface area contributed by atoms with E-state index in [1.165, 1.54) is 18.3 Å². The van der Waals surface area contributed by atoms with Crippen LogP contribution >= 0.6 is 0 Å². The molecule has 0 fully saturated rings. The highest BCUT2D eigenvalue weighted by Gasteiger charge is 2.11. The van der Waals surface area contributed by atoms with E-state index in [9.17, 15) is 9.18 Å². The molecule has 0 aromatic heterocycles. The summed E-state index contributed by atoms with van der Waals surface area (Å²) in [5, 5.41) is 4.03. The summed E-state index contributed by atoms with van der Waals surface area (Å²) in [4.78, 5) is 12.4. The third-order valence-corrected chi connectivity index (χ3v) is 4.36. The van der Waals surface area contributed by atoms with Crippen molar-refractivity contribution < 1.29 is 23.4 Å². The van der Waals surface area contributed by atoms with Crippen LogP contribution in [0.15, 0.2) is 71.8 Å². The minimum atomic E-state index is -0.367. The Morgan fingerprint density at radius 3 is 2.44 bits per heavy atom. The lowest BCUT2D eigenvalue weighted by Gasteiger charge is -2.11. The highest BCUT2D eigenvalue weighted by molar-refractivity contribution is 5.95. The lowest BCUT2D eigenvalue weighted by molar-refractivity contribution is 0.0954. The van der Waals surface area contributed by atoms with Crippen LogP contribution in [0.25, 0.3) is 0 Å². The standard InChI is InChI=1S/C25H25FN2O4/c1-3-30-23-13-10-20(15-24(23)31-4-2)25(29)28-27-16-19-6-5-7-22(14-19)32-17-18-8-11-21(26)12-9-18/h5-16H,3-4,17H2,1-2H3,(H,28,29)/b27-16+. The molecule has 3 aromatic rings. The number of ether oxygens (including phenoxy) is 3. The van der Waals surface area contributed by atoms with E-state index in [4.69, 9.17) is 14.2 Å². The van der Waals surface area contributed by atoms with Gasteiger partial charge in [-0.2, -0.15) is 5.10 Å². The minimum Gasteiger partial charge on any atom is -0.490 e. The number of rotatable bonds is 10. The number of nitrogens with one attached hydrogen (secondary N) is 1. The quantitative estimate of drug-likeness (QED) is 0.360. The second kappa shape index (κ2) is 11.5. The topological polar surface area (TPSA) is 69.2 Å². The van der Waals surface area contributed by atoms with Crippen LogP contribution in [0.3, 0.4) is 0 Å². The third-order valence-electron chi connectivity index (χ3n) is 4.36. The van der Waals surface area contributed by atoms with Crippen LogP contribution in [0, 0.1) is 5.82 Å². The summed E-state index contributed by atoms with van der Waals surface area (Å²) in [6, 6.07) is 18.4. The molecule has 0 spiro atoms. The number of carbonyl (C=O) groups excluding carboxylic acids is 1. The summed E-state index contributed by atoms with van der Waals surface area (Å²) in [6.07, 6.45) is 1.53. The van der Waals surface area contributed by atoms with E-state index >= 15 is 0 Å². The van der Waals surface area contributed by atoms with Crippen molar-refractivity contribution in [3.05, 3.63) is 89.2 Å². The fourth-order valence-corrected chi connectivity index (χ4v) is 2.85. The van der Waals surface area contributed by atoms with E-state index < -0.39 is 0 Å². The Kier molecular flexibility index (Phi) is 8.20. The number of hydrazone groups is 1. The van der Waals surface area contributed by atoms with Crippen molar-refractivity contribution in [3.8, 4) is 17.2 Å². The molecule has 1 N–H and O–H groups in total. The van der Waals surface area contributed by atoms with Gasteiger partial charge >= 0.3 is 0 Å². The molecule has 6 nitrogen and oxygen atoms in total. The molecule has 0 aliphatic heterocycles. The van der Waals surface area contributed by atoms with E-state index in [2.05, 4.69) is 10.5 Å². The summed E-state index contributed by atoms with van der Waals surface area (Å²) in [6.45, 7) is 5.03. The molecule has 0 unspecified atom stereocenters. The fraction of sp³-hybridized carbons (Fsp3) is 0.200. The van der Waals surface area contributed by atoms with Crippen molar-refractivity contribution in [1.82, 2.24) is 5.43 Å². The molecule has 1 amide bonds. The molecule has 0 aliphatic rings. The van der Waals surface area contributed by atoms with Gasteiger partial charge in [-0.25, -0.2) is 9.82 Å². The van der Waals surface area contributed by atoms with Crippen LogP contribution in [0.4, 0.5) is 4.39 Å². The molecule has 7 heteroatoms. The Morgan fingerprint density at radius 1 is 0.938 bits per heavy atom. The molecule has 0 heterocycles. The van der Waals surface area contributed by atoms with Crippen LogP contribution < -0.4 is 19.6 Å². The average Bonchev–Trinajstić information content (AvgIpc) is 2.80. The van der Waals surface area contributed by atoms with E-state index in [0.717, 1.165) is 11.1 Å². The first-order valence-corrected chi connectivity index (χ1v) is 10.3. The van der Waals surface area contributed by atoms with Crippen LogP contribution in [0.5, 0.6) is 17.2 Å². The maximum Gasteiger partial charge on any atom is 0.271 e. The van der Waals surface area contributed by atoms with Crippen molar-refractivity contribution in [1.29, 1.82) is 0 Å². The van der Waals surface area contributed by atoms with E-state index in [1.807, 2.05) is 32.0 Å². The van der Waals surface area contributed by atoms with Gasteiger partial charge in [-0.3, -0.25) is 4.79 Å².